The minimum atomic E-state index is 0.221. The smallest absolute Gasteiger partial charge is 0.231 e. The first-order chi connectivity index (χ1) is 9.15. The fourth-order valence-electron chi connectivity index (χ4n) is 1.43. The number of aromatic amines is 1. The number of anilines is 2. The third kappa shape index (κ3) is 2.74. The van der Waals surface area contributed by atoms with Crippen LogP contribution in [0, 0.1) is 5.41 Å². The predicted molar refractivity (Wildman–Crippen MR) is 75.3 cm³/mol. The summed E-state index contributed by atoms with van der Waals surface area (Å²) in [5, 5.41) is 20.3. The average Bonchev–Trinajstić information content (AvgIpc) is 2.76. The summed E-state index contributed by atoms with van der Waals surface area (Å²) in [6.45, 7) is 2.70. The van der Waals surface area contributed by atoms with Gasteiger partial charge in [0, 0.05) is 19.0 Å². The molecule has 9 heteroatoms. The van der Waals surface area contributed by atoms with Crippen molar-refractivity contribution in [2.75, 3.05) is 17.6 Å². The zero-order valence-corrected chi connectivity index (χ0v) is 10.9. The molecule has 0 unspecified atom stereocenters. The second-order valence-corrected chi connectivity index (χ2v) is 3.96. The molecule has 100 valence electrons. The number of hydrogen-bond donors (Lipinski definition) is 5. The van der Waals surface area contributed by atoms with Crippen molar-refractivity contribution >= 4 is 40.6 Å². The summed E-state index contributed by atoms with van der Waals surface area (Å²) in [7, 11) is 0. The number of rotatable bonds is 5. The van der Waals surface area contributed by atoms with Crippen LogP contribution in [-0.2, 0) is 0 Å². The Labute approximate surface area is 114 Å². The molecule has 0 spiro atoms. The highest BCUT2D eigenvalue weighted by atomic mass is 35.5. The van der Waals surface area contributed by atoms with Crippen molar-refractivity contribution in [2.24, 2.45) is 0 Å². The van der Waals surface area contributed by atoms with Crippen LogP contribution < -0.4 is 16.4 Å². The maximum atomic E-state index is 7.28. The molecule has 6 N–H and O–H groups in total. The molecule has 0 amide bonds. The third-order valence-electron chi connectivity index (χ3n) is 2.28. The third-order valence-corrected chi connectivity index (χ3v) is 2.55. The van der Waals surface area contributed by atoms with E-state index in [2.05, 4.69) is 30.8 Å². The molecule has 0 saturated heterocycles. The van der Waals surface area contributed by atoms with Crippen LogP contribution in [0.4, 0.5) is 11.8 Å². The fourth-order valence-corrected chi connectivity index (χ4v) is 1.66. The fraction of sp³-hybridized carbons (Fsp3) is 0.200. The van der Waals surface area contributed by atoms with E-state index in [1.165, 1.54) is 0 Å². The Hall–Kier alpha value is -2.35. The van der Waals surface area contributed by atoms with E-state index < -0.39 is 0 Å². The normalized spacial score (nSPS) is 11.6. The van der Waals surface area contributed by atoms with Gasteiger partial charge in [0.05, 0.1) is 5.70 Å². The molecular formula is C10H13ClN8. The molecule has 2 aromatic rings. The highest BCUT2D eigenvalue weighted by Gasteiger charge is 2.11. The summed E-state index contributed by atoms with van der Waals surface area (Å²) in [5.74, 6) is 0.483. The highest BCUT2D eigenvalue weighted by Crippen LogP contribution is 2.24. The van der Waals surface area contributed by atoms with Gasteiger partial charge in [0.2, 0.25) is 5.95 Å². The monoisotopic (exact) mass is 280 g/mol. The number of halogens is 1. The highest BCUT2D eigenvalue weighted by molar-refractivity contribution is 6.35. The number of aromatic nitrogens is 4. The average molecular weight is 281 g/mol. The van der Waals surface area contributed by atoms with E-state index in [1.54, 1.807) is 6.20 Å². The van der Waals surface area contributed by atoms with E-state index in [0.29, 0.717) is 16.7 Å². The molecule has 2 rings (SSSR count). The largest absolute Gasteiger partial charge is 0.389 e. The van der Waals surface area contributed by atoms with Crippen molar-refractivity contribution in [3.05, 3.63) is 17.1 Å². The standard InChI is InChI=1S/C10H13ClN8/c1-2-14-4-5(3-12)15-10-16-8(13)6-7(11)18-19-9(6)17-10/h3-4,12,14H,2H2,1H3,(H4,13,15,16,17,18,19)/b5-4+,12-3?. The van der Waals surface area contributed by atoms with Gasteiger partial charge in [0.15, 0.2) is 10.8 Å². The Morgan fingerprint density at radius 1 is 1.53 bits per heavy atom. The van der Waals surface area contributed by atoms with Gasteiger partial charge >= 0.3 is 0 Å². The van der Waals surface area contributed by atoms with Crippen LogP contribution in [0.1, 0.15) is 6.92 Å². The SMILES string of the molecule is CCN/C=C(\C=N)Nc1nc(N)c2c(Cl)n[nH]c2n1. The molecule has 19 heavy (non-hydrogen) atoms. The summed E-state index contributed by atoms with van der Waals surface area (Å²) in [5.41, 5.74) is 6.74. The lowest BCUT2D eigenvalue weighted by Crippen LogP contribution is -2.11. The van der Waals surface area contributed by atoms with Crippen LogP contribution in [0.15, 0.2) is 11.9 Å². The topological polar surface area (TPSA) is 128 Å². The summed E-state index contributed by atoms with van der Waals surface area (Å²) in [6.07, 6.45) is 2.79. The van der Waals surface area contributed by atoms with E-state index >= 15 is 0 Å². The van der Waals surface area contributed by atoms with Gasteiger partial charge in [-0.3, -0.25) is 5.10 Å². The lowest BCUT2D eigenvalue weighted by atomic mass is 10.4. The number of nitrogen functional groups attached to an aromatic ring is 1. The van der Waals surface area contributed by atoms with E-state index in [1.807, 2.05) is 6.92 Å². The van der Waals surface area contributed by atoms with Gasteiger partial charge in [-0.15, -0.1) is 0 Å². The van der Waals surface area contributed by atoms with Crippen LogP contribution in [0.5, 0.6) is 0 Å². The first-order valence-corrected chi connectivity index (χ1v) is 5.91. The second kappa shape index (κ2) is 5.53. The van der Waals surface area contributed by atoms with Crippen molar-refractivity contribution in [1.29, 1.82) is 5.41 Å². The first kappa shape index (κ1) is 13.1. The predicted octanol–water partition coefficient (Wildman–Crippen LogP) is 1.10. The quantitative estimate of drug-likeness (QED) is 0.522. The number of fused-ring (bicyclic) bond motifs is 1. The first-order valence-electron chi connectivity index (χ1n) is 5.53. The maximum absolute atomic E-state index is 7.28. The zero-order valence-electron chi connectivity index (χ0n) is 10.2. The zero-order chi connectivity index (χ0) is 13.8. The minimum Gasteiger partial charge on any atom is -0.389 e. The van der Waals surface area contributed by atoms with Crippen LogP contribution >= 0.6 is 11.6 Å². The Kier molecular flexibility index (Phi) is 3.81. The number of hydrogen-bond acceptors (Lipinski definition) is 7. The van der Waals surface area contributed by atoms with Crippen molar-refractivity contribution in [2.45, 2.75) is 6.92 Å². The van der Waals surface area contributed by atoms with Crippen molar-refractivity contribution in [3.8, 4) is 0 Å². The van der Waals surface area contributed by atoms with Crippen LogP contribution in [0.25, 0.3) is 11.0 Å². The maximum Gasteiger partial charge on any atom is 0.231 e. The van der Waals surface area contributed by atoms with Crippen LogP contribution in [-0.4, -0.2) is 32.9 Å². The van der Waals surface area contributed by atoms with Gasteiger partial charge < -0.3 is 21.8 Å². The molecule has 0 fully saturated rings. The summed E-state index contributed by atoms with van der Waals surface area (Å²) >= 11 is 5.85. The Morgan fingerprint density at radius 2 is 2.32 bits per heavy atom. The number of nitrogens with zero attached hydrogens (tertiary/aromatic N) is 3. The molecular weight excluding hydrogens is 268 g/mol. The van der Waals surface area contributed by atoms with E-state index in [4.69, 9.17) is 22.7 Å². The molecule has 2 heterocycles. The molecule has 2 aromatic heterocycles. The van der Waals surface area contributed by atoms with Gasteiger partial charge in [-0.1, -0.05) is 11.6 Å². The van der Waals surface area contributed by atoms with E-state index in [-0.39, 0.29) is 16.9 Å². The van der Waals surface area contributed by atoms with E-state index in [9.17, 15) is 0 Å². The second-order valence-electron chi connectivity index (χ2n) is 3.60. The minimum absolute atomic E-state index is 0.221. The van der Waals surface area contributed by atoms with Crippen molar-refractivity contribution < 1.29 is 0 Å². The Bertz CT molecular complexity index is 632. The molecule has 0 aromatic carbocycles. The number of H-pyrrole nitrogens is 1. The van der Waals surface area contributed by atoms with Crippen molar-refractivity contribution in [1.82, 2.24) is 25.5 Å². The van der Waals surface area contributed by atoms with Gasteiger partial charge in [-0.25, -0.2) is 0 Å². The molecule has 8 nitrogen and oxygen atoms in total. The number of allylic oxidation sites excluding steroid dienone is 1. The van der Waals surface area contributed by atoms with Gasteiger partial charge in [-0.05, 0) is 6.92 Å². The molecule has 0 aliphatic carbocycles. The molecule has 0 aliphatic rings. The van der Waals surface area contributed by atoms with E-state index in [0.717, 1.165) is 12.8 Å². The molecule has 0 radical (unpaired) electrons. The molecule has 0 bridgehead atoms. The number of nitrogens with one attached hydrogen (secondary N) is 4. The van der Waals surface area contributed by atoms with Crippen molar-refractivity contribution in [3.63, 3.8) is 0 Å². The summed E-state index contributed by atoms with van der Waals surface area (Å²) in [6, 6.07) is 0. The summed E-state index contributed by atoms with van der Waals surface area (Å²) < 4.78 is 0. The molecule has 0 aliphatic heterocycles. The van der Waals surface area contributed by atoms with Crippen LogP contribution in [0.2, 0.25) is 5.15 Å². The lowest BCUT2D eigenvalue weighted by molar-refractivity contribution is 0.913. The Balaban J connectivity index is 2.33. The molecule has 0 saturated carbocycles. The Morgan fingerprint density at radius 3 is 3.00 bits per heavy atom. The summed E-state index contributed by atoms with van der Waals surface area (Å²) in [4.78, 5) is 8.25. The van der Waals surface area contributed by atoms with Gasteiger partial charge in [0.1, 0.15) is 11.2 Å². The van der Waals surface area contributed by atoms with Gasteiger partial charge in [-0.2, -0.15) is 15.1 Å². The lowest BCUT2D eigenvalue weighted by Gasteiger charge is -2.06. The molecule has 0 atom stereocenters. The van der Waals surface area contributed by atoms with Crippen LogP contribution in [0.3, 0.4) is 0 Å². The van der Waals surface area contributed by atoms with Gasteiger partial charge in [0.25, 0.3) is 0 Å². The number of nitrogens with two attached hydrogens (primary N) is 1.